The van der Waals surface area contributed by atoms with Crippen molar-refractivity contribution in [2.24, 2.45) is 5.92 Å². The number of benzene rings is 1. The molecule has 184 valence electrons. The molecule has 1 saturated carbocycles. The number of ether oxygens (including phenoxy) is 3. The molecule has 6 nitrogen and oxygen atoms in total. The lowest BCUT2D eigenvalue weighted by molar-refractivity contribution is -0.143. The van der Waals surface area contributed by atoms with E-state index in [1.54, 1.807) is 6.20 Å². The Morgan fingerprint density at radius 2 is 1.74 bits per heavy atom. The number of hydrogen-bond donors (Lipinski definition) is 0. The van der Waals surface area contributed by atoms with Crippen molar-refractivity contribution in [2.45, 2.75) is 84.8 Å². The topological polar surface area (TPSA) is 74.7 Å². The van der Waals surface area contributed by atoms with Crippen LogP contribution in [0.4, 0.5) is 0 Å². The highest BCUT2D eigenvalue weighted by Crippen LogP contribution is 2.35. The summed E-state index contributed by atoms with van der Waals surface area (Å²) in [7, 11) is 0. The van der Waals surface area contributed by atoms with E-state index < -0.39 is 11.6 Å². The van der Waals surface area contributed by atoms with E-state index in [-0.39, 0.29) is 12.1 Å². The molecule has 0 unspecified atom stereocenters. The summed E-state index contributed by atoms with van der Waals surface area (Å²) >= 11 is 0. The zero-order valence-electron chi connectivity index (χ0n) is 21.1. The summed E-state index contributed by atoms with van der Waals surface area (Å²) in [6.45, 7) is 9.83. The van der Waals surface area contributed by atoms with Crippen LogP contribution in [0, 0.1) is 12.8 Å². The van der Waals surface area contributed by atoms with E-state index in [2.05, 4.69) is 4.98 Å². The number of carbonyl (C=O) groups is 2. The summed E-state index contributed by atoms with van der Waals surface area (Å²) in [5.74, 6) is 0.833. The normalized spacial score (nSPS) is 18.3. The standard InChI is InChI=1S/C28H37NO5/c1-6-32-25(30)17-14-20-12-15-21(16-13-20)33-24-11-7-9-22(19(24)2)23-10-8-18-29-26(23)27(31)34-28(3,4)5/h7-11,18,20-21H,6,12-17H2,1-5H3. The molecule has 1 aliphatic rings. The largest absolute Gasteiger partial charge is 0.490 e. The average Bonchev–Trinajstić information content (AvgIpc) is 2.79. The summed E-state index contributed by atoms with van der Waals surface area (Å²) in [6.07, 6.45) is 7.17. The van der Waals surface area contributed by atoms with Crippen LogP contribution in [0.25, 0.3) is 11.1 Å². The van der Waals surface area contributed by atoms with E-state index >= 15 is 0 Å². The number of esters is 2. The molecule has 1 aromatic heterocycles. The first-order valence-electron chi connectivity index (χ1n) is 12.3. The van der Waals surface area contributed by atoms with Gasteiger partial charge in [-0.3, -0.25) is 4.79 Å². The zero-order valence-corrected chi connectivity index (χ0v) is 21.1. The Morgan fingerprint density at radius 3 is 2.41 bits per heavy atom. The minimum atomic E-state index is -0.596. The first kappa shape index (κ1) is 25.7. The van der Waals surface area contributed by atoms with Gasteiger partial charge in [-0.15, -0.1) is 0 Å². The predicted molar refractivity (Wildman–Crippen MR) is 132 cm³/mol. The molecular formula is C28H37NO5. The molecule has 0 N–H and O–H groups in total. The van der Waals surface area contributed by atoms with Crippen LogP contribution in [-0.4, -0.2) is 35.2 Å². The molecule has 0 radical (unpaired) electrons. The van der Waals surface area contributed by atoms with Crippen molar-refractivity contribution in [3.63, 3.8) is 0 Å². The Bertz CT molecular complexity index is 987. The van der Waals surface area contributed by atoms with Gasteiger partial charge in [0.2, 0.25) is 0 Å². The summed E-state index contributed by atoms with van der Waals surface area (Å²) in [4.78, 5) is 28.7. The SMILES string of the molecule is CCOC(=O)CCC1CCC(Oc2cccc(-c3cccnc3C(=O)OC(C)(C)C)c2C)CC1. The highest BCUT2D eigenvalue weighted by Gasteiger charge is 2.25. The molecule has 2 aromatic rings. The van der Waals surface area contributed by atoms with Gasteiger partial charge in [0.1, 0.15) is 11.4 Å². The van der Waals surface area contributed by atoms with Crippen molar-refractivity contribution < 1.29 is 23.8 Å². The fraction of sp³-hybridized carbons (Fsp3) is 0.536. The van der Waals surface area contributed by atoms with Gasteiger partial charge >= 0.3 is 11.9 Å². The molecule has 0 amide bonds. The van der Waals surface area contributed by atoms with Gasteiger partial charge in [-0.25, -0.2) is 9.78 Å². The van der Waals surface area contributed by atoms with Gasteiger partial charge in [0.05, 0.1) is 12.7 Å². The summed E-state index contributed by atoms with van der Waals surface area (Å²) in [6, 6.07) is 9.64. The maximum absolute atomic E-state index is 12.8. The molecule has 0 aliphatic heterocycles. The lowest BCUT2D eigenvalue weighted by Crippen LogP contribution is -2.25. The second-order valence-corrected chi connectivity index (χ2v) is 9.93. The van der Waals surface area contributed by atoms with Gasteiger partial charge in [0, 0.05) is 18.2 Å². The Hall–Kier alpha value is -2.89. The van der Waals surface area contributed by atoms with E-state index in [9.17, 15) is 9.59 Å². The molecule has 1 heterocycles. The first-order chi connectivity index (χ1) is 16.2. The van der Waals surface area contributed by atoms with Gasteiger partial charge in [0.15, 0.2) is 5.69 Å². The third-order valence-corrected chi connectivity index (χ3v) is 6.12. The highest BCUT2D eigenvalue weighted by atomic mass is 16.6. The molecule has 1 fully saturated rings. The van der Waals surface area contributed by atoms with Crippen LogP contribution in [0.3, 0.4) is 0 Å². The summed E-state index contributed by atoms with van der Waals surface area (Å²) < 4.78 is 17.0. The van der Waals surface area contributed by atoms with E-state index in [1.807, 2.05) is 65.0 Å². The maximum atomic E-state index is 12.8. The molecule has 6 heteroatoms. The van der Waals surface area contributed by atoms with E-state index in [0.29, 0.717) is 24.6 Å². The monoisotopic (exact) mass is 467 g/mol. The van der Waals surface area contributed by atoms with Crippen molar-refractivity contribution in [3.8, 4) is 16.9 Å². The average molecular weight is 468 g/mol. The first-order valence-corrected chi connectivity index (χ1v) is 12.3. The van der Waals surface area contributed by atoms with Crippen LogP contribution in [0.15, 0.2) is 36.5 Å². The number of pyridine rings is 1. The third-order valence-electron chi connectivity index (χ3n) is 6.12. The molecule has 3 rings (SSSR count). The lowest BCUT2D eigenvalue weighted by atomic mass is 9.84. The van der Waals surface area contributed by atoms with Crippen molar-refractivity contribution in [1.82, 2.24) is 4.98 Å². The number of carbonyl (C=O) groups excluding carboxylic acids is 2. The second kappa shape index (κ2) is 11.5. The van der Waals surface area contributed by atoms with Crippen LogP contribution >= 0.6 is 0 Å². The van der Waals surface area contributed by atoms with Crippen LogP contribution in [0.2, 0.25) is 0 Å². The van der Waals surface area contributed by atoms with Crippen molar-refractivity contribution >= 4 is 11.9 Å². The highest BCUT2D eigenvalue weighted by molar-refractivity contribution is 5.96. The van der Waals surface area contributed by atoms with Crippen LogP contribution in [-0.2, 0) is 14.3 Å². The Balaban J connectivity index is 1.68. The maximum Gasteiger partial charge on any atom is 0.358 e. The van der Waals surface area contributed by atoms with E-state index in [0.717, 1.165) is 54.5 Å². The number of nitrogens with zero attached hydrogens (tertiary/aromatic N) is 1. The minimum absolute atomic E-state index is 0.102. The number of aromatic nitrogens is 1. The predicted octanol–water partition coefficient (Wildman–Crippen LogP) is 6.29. The third kappa shape index (κ3) is 7.05. The van der Waals surface area contributed by atoms with Gasteiger partial charge in [-0.2, -0.15) is 0 Å². The second-order valence-electron chi connectivity index (χ2n) is 9.93. The molecule has 0 spiro atoms. The Labute approximate surface area is 203 Å². The van der Waals surface area contributed by atoms with Gasteiger partial charge in [0.25, 0.3) is 0 Å². The molecule has 0 atom stereocenters. The van der Waals surface area contributed by atoms with Crippen molar-refractivity contribution in [2.75, 3.05) is 6.61 Å². The van der Waals surface area contributed by atoms with Crippen molar-refractivity contribution in [3.05, 3.63) is 47.8 Å². The van der Waals surface area contributed by atoms with Crippen molar-refractivity contribution in [1.29, 1.82) is 0 Å². The van der Waals surface area contributed by atoms with Gasteiger partial charge in [-0.1, -0.05) is 18.2 Å². The molecule has 34 heavy (non-hydrogen) atoms. The molecule has 1 aromatic carbocycles. The van der Waals surface area contributed by atoms with Crippen LogP contribution < -0.4 is 4.74 Å². The van der Waals surface area contributed by atoms with E-state index in [4.69, 9.17) is 14.2 Å². The lowest BCUT2D eigenvalue weighted by Gasteiger charge is -2.29. The Kier molecular flexibility index (Phi) is 8.70. The fourth-order valence-corrected chi connectivity index (χ4v) is 4.42. The van der Waals surface area contributed by atoms with Gasteiger partial charge in [-0.05, 0) is 95.9 Å². The van der Waals surface area contributed by atoms with Crippen LogP contribution in [0.5, 0.6) is 5.75 Å². The molecule has 0 saturated heterocycles. The Morgan fingerprint density at radius 1 is 1.03 bits per heavy atom. The smallest absolute Gasteiger partial charge is 0.358 e. The van der Waals surface area contributed by atoms with E-state index in [1.165, 1.54) is 0 Å². The summed E-state index contributed by atoms with van der Waals surface area (Å²) in [5, 5.41) is 0. The number of hydrogen-bond acceptors (Lipinski definition) is 6. The number of rotatable bonds is 8. The van der Waals surface area contributed by atoms with Crippen LogP contribution in [0.1, 0.15) is 82.3 Å². The zero-order chi connectivity index (χ0) is 24.7. The molecular weight excluding hydrogens is 430 g/mol. The molecule has 0 bridgehead atoms. The fourth-order valence-electron chi connectivity index (χ4n) is 4.42. The minimum Gasteiger partial charge on any atom is -0.490 e. The quantitative estimate of drug-likeness (QED) is 0.425. The summed E-state index contributed by atoms with van der Waals surface area (Å²) in [5.41, 5.74) is 2.34. The molecule has 1 aliphatic carbocycles. The van der Waals surface area contributed by atoms with Gasteiger partial charge < -0.3 is 14.2 Å².